The molecule has 0 amide bonds. The van der Waals surface area contributed by atoms with Gasteiger partial charge in [0.05, 0.1) is 11.7 Å². The molecule has 2 aromatic heterocycles. The zero-order chi connectivity index (χ0) is 12.5. The Kier molecular flexibility index (Phi) is 2.61. The van der Waals surface area contributed by atoms with Crippen LogP contribution in [0, 0.1) is 0 Å². The summed E-state index contributed by atoms with van der Waals surface area (Å²) in [5.74, 6) is 0.960. The van der Waals surface area contributed by atoms with E-state index in [1.807, 2.05) is 43.6 Å². The number of nitrogens with two attached hydrogens (primary N) is 1. The van der Waals surface area contributed by atoms with E-state index >= 15 is 0 Å². The fraction of sp³-hybridized carbons (Fsp3) is 0.133. The molecule has 3 rings (SSSR count). The van der Waals surface area contributed by atoms with E-state index in [0.717, 1.165) is 22.5 Å². The Balaban J connectivity index is 2.16. The molecule has 2 heterocycles. The number of imidazole rings is 1. The minimum absolute atomic E-state index is 0.0464. The van der Waals surface area contributed by atoms with Crippen LogP contribution in [-0.2, 0) is 0 Å². The first kappa shape index (κ1) is 11.0. The third-order valence-electron chi connectivity index (χ3n) is 3.11. The van der Waals surface area contributed by atoms with Crippen molar-refractivity contribution in [3.8, 4) is 11.4 Å². The second-order valence-corrected chi connectivity index (χ2v) is 4.49. The van der Waals surface area contributed by atoms with Crippen LogP contribution in [0.4, 0.5) is 0 Å². The van der Waals surface area contributed by atoms with Gasteiger partial charge in [0, 0.05) is 17.8 Å². The fourth-order valence-corrected chi connectivity index (χ4v) is 2.10. The van der Waals surface area contributed by atoms with Gasteiger partial charge >= 0.3 is 0 Å². The number of fused-ring (bicyclic) bond motifs is 1. The fourth-order valence-electron chi connectivity index (χ4n) is 2.10. The van der Waals surface area contributed by atoms with Crippen molar-refractivity contribution in [2.24, 2.45) is 5.73 Å². The third-order valence-corrected chi connectivity index (χ3v) is 3.11. The Hall–Kier alpha value is -2.13. The van der Waals surface area contributed by atoms with Gasteiger partial charge in [-0.05, 0) is 24.6 Å². The lowest BCUT2D eigenvalue weighted by Gasteiger charge is -2.07. The molecule has 1 unspecified atom stereocenters. The highest BCUT2D eigenvalue weighted by Crippen LogP contribution is 2.21. The molecule has 0 spiro atoms. The highest BCUT2D eigenvalue weighted by atomic mass is 15.0. The van der Waals surface area contributed by atoms with Crippen molar-refractivity contribution in [1.82, 2.24) is 9.38 Å². The van der Waals surface area contributed by atoms with Gasteiger partial charge in [-0.15, -0.1) is 0 Å². The summed E-state index contributed by atoms with van der Waals surface area (Å²) < 4.78 is 2.08. The predicted octanol–water partition coefficient (Wildman–Crippen LogP) is 3.02. The highest BCUT2D eigenvalue weighted by Gasteiger charge is 2.07. The molecule has 0 aliphatic carbocycles. The summed E-state index contributed by atoms with van der Waals surface area (Å²) in [6.07, 6.45) is 3.91. The van der Waals surface area contributed by atoms with E-state index in [-0.39, 0.29) is 6.04 Å². The Morgan fingerprint density at radius 1 is 1.17 bits per heavy atom. The summed E-state index contributed by atoms with van der Waals surface area (Å²) in [7, 11) is 0. The van der Waals surface area contributed by atoms with Gasteiger partial charge in [0.2, 0.25) is 0 Å². The van der Waals surface area contributed by atoms with Crippen LogP contribution in [0.25, 0.3) is 16.9 Å². The Labute approximate surface area is 106 Å². The van der Waals surface area contributed by atoms with Crippen molar-refractivity contribution in [2.45, 2.75) is 13.0 Å². The molecule has 3 aromatic rings. The minimum Gasteiger partial charge on any atom is -0.324 e. The molecule has 3 heteroatoms. The standard InChI is InChI=1S/C15H15N3/c1-11(16)13-7-8-18-14(9-13)10-17-15(18)12-5-3-2-4-6-12/h2-11H,16H2,1H3. The minimum atomic E-state index is 0.0464. The molecule has 1 aromatic carbocycles. The molecule has 0 saturated heterocycles. The summed E-state index contributed by atoms with van der Waals surface area (Å²) in [6.45, 7) is 1.99. The lowest BCUT2D eigenvalue weighted by atomic mass is 10.1. The van der Waals surface area contributed by atoms with Gasteiger partial charge in [0.1, 0.15) is 5.82 Å². The SMILES string of the molecule is CC(N)c1ccn2c(-c3ccccc3)ncc2c1. The highest BCUT2D eigenvalue weighted by molar-refractivity contribution is 5.62. The average Bonchev–Trinajstić information content (AvgIpc) is 2.82. The number of nitrogens with zero attached hydrogens (tertiary/aromatic N) is 2. The molecule has 0 bridgehead atoms. The molecule has 18 heavy (non-hydrogen) atoms. The first-order chi connectivity index (χ1) is 8.75. The van der Waals surface area contributed by atoms with E-state index in [1.165, 1.54) is 0 Å². The number of rotatable bonds is 2. The monoisotopic (exact) mass is 237 g/mol. The van der Waals surface area contributed by atoms with Gasteiger partial charge in [-0.25, -0.2) is 4.98 Å². The van der Waals surface area contributed by atoms with E-state index in [1.54, 1.807) is 0 Å². The van der Waals surface area contributed by atoms with Crippen LogP contribution in [0.5, 0.6) is 0 Å². The molecule has 0 saturated carbocycles. The Morgan fingerprint density at radius 2 is 1.94 bits per heavy atom. The van der Waals surface area contributed by atoms with Crippen LogP contribution in [-0.4, -0.2) is 9.38 Å². The van der Waals surface area contributed by atoms with E-state index in [9.17, 15) is 0 Å². The second kappa shape index (κ2) is 4.27. The molecule has 0 aliphatic rings. The van der Waals surface area contributed by atoms with Crippen molar-refractivity contribution >= 4 is 5.52 Å². The zero-order valence-electron chi connectivity index (χ0n) is 10.2. The summed E-state index contributed by atoms with van der Waals surface area (Å²) in [6, 6.07) is 14.4. The number of aromatic nitrogens is 2. The number of hydrogen-bond donors (Lipinski definition) is 1. The maximum atomic E-state index is 5.89. The van der Waals surface area contributed by atoms with E-state index in [4.69, 9.17) is 5.73 Å². The van der Waals surface area contributed by atoms with Crippen LogP contribution < -0.4 is 5.73 Å². The first-order valence-electron chi connectivity index (χ1n) is 6.04. The third kappa shape index (κ3) is 1.79. The molecule has 0 aliphatic heterocycles. The van der Waals surface area contributed by atoms with Crippen LogP contribution in [0.3, 0.4) is 0 Å². The summed E-state index contributed by atoms with van der Waals surface area (Å²) in [5.41, 5.74) is 9.21. The summed E-state index contributed by atoms with van der Waals surface area (Å²) >= 11 is 0. The van der Waals surface area contributed by atoms with E-state index < -0.39 is 0 Å². The smallest absolute Gasteiger partial charge is 0.144 e. The van der Waals surface area contributed by atoms with Crippen molar-refractivity contribution in [2.75, 3.05) is 0 Å². The van der Waals surface area contributed by atoms with E-state index in [2.05, 4.69) is 27.6 Å². The lowest BCUT2D eigenvalue weighted by Crippen LogP contribution is -2.05. The summed E-state index contributed by atoms with van der Waals surface area (Å²) in [4.78, 5) is 4.49. The molecule has 90 valence electrons. The lowest BCUT2D eigenvalue weighted by molar-refractivity contribution is 0.816. The Morgan fingerprint density at radius 3 is 2.67 bits per heavy atom. The largest absolute Gasteiger partial charge is 0.324 e. The second-order valence-electron chi connectivity index (χ2n) is 4.49. The van der Waals surface area contributed by atoms with Gasteiger partial charge < -0.3 is 5.73 Å². The first-order valence-corrected chi connectivity index (χ1v) is 6.04. The molecule has 3 nitrogen and oxygen atoms in total. The van der Waals surface area contributed by atoms with Gasteiger partial charge in [0.15, 0.2) is 0 Å². The van der Waals surface area contributed by atoms with Crippen molar-refractivity contribution in [3.63, 3.8) is 0 Å². The van der Waals surface area contributed by atoms with Crippen LogP contribution in [0.1, 0.15) is 18.5 Å². The van der Waals surface area contributed by atoms with Crippen LogP contribution >= 0.6 is 0 Å². The molecule has 0 fully saturated rings. The molecule has 2 N–H and O–H groups in total. The van der Waals surface area contributed by atoms with Crippen LogP contribution in [0.2, 0.25) is 0 Å². The van der Waals surface area contributed by atoms with Gasteiger partial charge in [-0.2, -0.15) is 0 Å². The maximum absolute atomic E-state index is 5.89. The molecule has 1 atom stereocenters. The molecular weight excluding hydrogens is 222 g/mol. The van der Waals surface area contributed by atoms with Gasteiger partial charge in [0.25, 0.3) is 0 Å². The predicted molar refractivity (Wildman–Crippen MR) is 73.2 cm³/mol. The topological polar surface area (TPSA) is 43.3 Å². The molecule has 0 radical (unpaired) electrons. The molecular formula is C15H15N3. The maximum Gasteiger partial charge on any atom is 0.144 e. The normalized spacial score (nSPS) is 12.8. The summed E-state index contributed by atoms with van der Waals surface area (Å²) in [5, 5.41) is 0. The van der Waals surface area contributed by atoms with Crippen LogP contribution in [0.15, 0.2) is 54.9 Å². The number of hydrogen-bond acceptors (Lipinski definition) is 2. The Bertz CT molecular complexity index is 669. The van der Waals surface area contributed by atoms with Gasteiger partial charge in [-0.3, -0.25) is 4.40 Å². The van der Waals surface area contributed by atoms with E-state index in [0.29, 0.717) is 0 Å². The van der Waals surface area contributed by atoms with Crippen molar-refractivity contribution < 1.29 is 0 Å². The zero-order valence-corrected chi connectivity index (χ0v) is 10.2. The average molecular weight is 237 g/mol. The number of benzene rings is 1. The van der Waals surface area contributed by atoms with Crippen molar-refractivity contribution in [1.29, 1.82) is 0 Å². The van der Waals surface area contributed by atoms with Crippen molar-refractivity contribution in [3.05, 3.63) is 60.4 Å². The number of pyridine rings is 1. The van der Waals surface area contributed by atoms with Gasteiger partial charge in [-0.1, -0.05) is 30.3 Å². The quantitative estimate of drug-likeness (QED) is 0.744.